The molecule has 2 amide bonds. The number of hydrogen-bond donors (Lipinski definition) is 2. The number of hydrogen-bond acceptors (Lipinski definition) is 3. The van der Waals surface area contributed by atoms with E-state index in [-0.39, 0.29) is 0 Å². The van der Waals surface area contributed by atoms with Gasteiger partial charge in [-0.05, 0) is 30.9 Å². The zero-order valence-electron chi connectivity index (χ0n) is 11.4. The van der Waals surface area contributed by atoms with Gasteiger partial charge in [-0.25, -0.2) is 0 Å². The first-order valence-electron chi connectivity index (χ1n) is 6.40. The van der Waals surface area contributed by atoms with E-state index in [1.807, 2.05) is 24.5 Å². The Morgan fingerprint density at radius 3 is 2.68 bits per heavy atom. The lowest BCUT2D eigenvalue weighted by Crippen LogP contribution is -2.35. The predicted octanol–water partition coefficient (Wildman–Crippen LogP) is 2.65. The van der Waals surface area contributed by atoms with Crippen LogP contribution in [0.4, 0.5) is 5.69 Å². The van der Waals surface area contributed by atoms with Crippen molar-refractivity contribution in [2.24, 2.45) is 0 Å². The maximum Gasteiger partial charge on any atom is 0.313 e. The van der Waals surface area contributed by atoms with Crippen LogP contribution < -0.4 is 10.6 Å². The third-order valence-electron chi connectivity index (χ3n) is 2.60. The molecule has 0 saturated heterocycles. The van der Waals surface area contributed by atoms with E-state index in [2.05, 4.69) is 17.6 Å². The molecule has 0 atom stereocenters. The summed E-state index contributed by atoms with van der Waals surface area (Å²) >= 11 is 1.59. The Morgan fingerprint density at radius 2 is 2.00 bits per heavy atom. The topological polar surface area (TPSA) is 58.2 Å². The fraction of sp³-hybridized carbons (Fsp3) is 0.429. The number of carbonyl (C=O) groups is 2. The van der Waals surface area contributed by atoms with Crippen LogP contribution in [0.2, 0.25) is 0 Å². The number of unbranched alkanes of at least 4 members (excludes halogenated alkanes) is 2. The second-order valence-corrected chi connectivity index (χ2v) is 5.03. The first-order valence-corrected chi connectivity index (χ1v) is 7.63. The van der Waals surface area contributed by atoms with Crippen LogP contribution in [-0.2, 0) is 9.59 Å². The molecular formula is C14H20N2O2S. The van der Waals surface area contributed by atoms with E-state index < -0.39 is 11.8 Å². The zero-order valence-corrected chi connectivity index (χ0v) is 12.2. The van der Waals surface area contributed by atoms with E-state index in [4.69, 9.17) is 0 Å². The van der Waals surface area contributed by atoms with Gasteiger partial charge in [0.1, 0.15) is 0 Å². The molecule has 0 radical (unpaired) electrons. The van der Waals surface area contributed by atoms with Crippen LogP contribution in [0.5, 0.6) is 0 Å². The smallest absolute Gasteiger partial charge is 0.313 e. The highest BCUT2D eigenvalue weighted by atomic mass is 32.2. The Morgan fingerprint density at radius 1 is 1.21 bits per heavy atom. The van der Waals surface area contributed by atoms with Gasteiger partial charge in [-0.1, -0.05) is 25.8 Å². The Labute approximate surface area is 118 Å². The van der Waals surface area contributed by atoms with Crippen molar-refractivity contribution < 1.29 is 9.59 Å². The van der Waals surface area contributed by atoms with Crippen molar-refractivity contribution in [3.8, 4) is 0 Å². The van der Waals surface area contributed by atoms with Crippen LogP contribution in [0.25, 0.3) is 0 Å². The highest BCUT2D eigenvalue weighted by Crippen LogP contribution is 2.18. The van der Waals surface area contributed by atoms with Gasteiger partial charge in [0, 0.05) is 17.1 Å². The molecule has 1 aromatic carbocycles. The number of nitrogens with one attached hydrogen (secondary N) is 2. The van der Waals surface area contributed by atoms with Gasteiger partial charge in [-0.3, -0.25) is 9.59 Å². The molecule has 0 aliphatic heterocycles. The number of thioether (sulfide) groups is 1. The van der Waals surface area contributed by atoms with E-state index in [1.165, 1.54) is 0 Å². The molecule has 0 bridgehead atoms. The van der Waals surface area contributed by atoms with Gasteiger partial charge in [0.05, 0.1) is 0 Å². The molecule has 104 valence electrons. The lowest BCUT2D eigenvalue weighted by atomic mass is 10.2. The van der Waals surface area contributed by atoms with Crippen molar-refractivity contribution in [3.05, 3.63) is 24.3 Å². The van der Waals surface area contributed by atoms with E-state index in [0.717, 1.165) is 24.2 Å². The third kappa shape index (κ3) is 5.79. The Kier molecular flexibility index (Phi) is 7.03. The van der Waals surface area contributed by atoms with Crippen LogP contribution in [0, 0.1) is 0 Å². The van der Waals surface area contributed by atoms with Crippen LogP contribution >= 0.6 is 11.8 Å². The first kappa shape index (κ1) is 15.6. The number of carbonyl (C=O) groups excluding carboxylic acids is 2. The van der Waals surface area contributed by atoms with Gasteiger partial charge in [0.25, 0.3) is 0 Å². The summed E-state index contributed by atoms with van der Waals surface area (Å²) < 4.78 is 0. The quantitative estimate of drug-likeness (QED) is 0.478. The van der Waals surface area contributed by atoms with Crippen molar-refractivity contribution in [2.75, 3.05) is 18.1 Å². The van der Waals surface area contributed by atoms with E-state index >= 15 is 0 Å². The fourth-order valence-electron chi connectivity index (χ4n) is 1.55. The number of benzene rings is 1. The Bertz CT molecular complexity index is 435. The lowest BCUT2D eigenvalue weighted by Gasteiger charge is -2.07. The van der Waals surface area contributed by atoms with E-state index in [0.29, 0.717) is 12.2 Å². The second kappa shape index (κ2) is 8.58. The Hall–Kier alpha value is -1.49. The molecule has 19 heavy (non-hydrogen) atoms. The van der Waals surface area contributed by atoms with Gasteiger partial charge in [-0.2, -0.15) is 0 Å². The SMILES string of the molecule is CCCCCNC(=O)C(=O)Nc1cccc(SC)c1. The molecule has 0 spiro atoms. The molecule has 2 N–H and O–H groups in total. The zero-order chi connectivity index (χ0) is 14.1. The predicted molar refractivity (Wildman–Crippen MR) is 79.4 cm³/mol. The summed E-state index contributed by atoms with van der Waals surface area (Å²) in [6, 6.07) is 7.40. The van der Waals surface area contributed by atoms with Crippen LogP contribution in [0.1, 0.15) is 26.2 Å². The molecule has 0 unspecified atom stereocenters. The van der Waals surface area contributed by atoms with E-state index in [1.54, 1.807) is 17.8 Å². The van der Waals surface area contributed by atoms with Crippen LogP contribution in [-0.4, -0.2) is 24.6 Å². The number of anilines is 1. The van der Waals surface area contributed by atoms with Crippen molar-refractivity contribution in [3.63, 3.8) is 0 Å². The average Bonchev–Trinajstić information content (AvgIpc) is 2.43. The summed E-state index contributed by atoms with van der Waals surface area (Å²) in [6.07, 6.45) is 5.00. The van der Waals surface area contributed by atoms with Crippen molar-refractivity contribution >= 4 is 29.3 Å². The molecule has 0 aliphatic carbocycles. The summed E-state index contributed by atoms with van der Waals surface area (Å²) in [7, 11) is 0. The fourth-order valence-corrected chi connectivity index (χ4v) is 2.01. The van der Waals surface area contributed by atoms with Crippen LogP contribution in [0.3, 0.4) is 0 Å². The standard InChI is InChI=1S/C14H20N2O2S/c1-3-4-5-9-15-13(17)14(18)16-11-7-6-8-12(10-11)19-2/h6-8,10H,3-5,9H2,1-2H3,(H,15,17)(H,16,18). The summed E-state index contributed by atoms with van der Waals surface area (Å²) in [5.41, 5.74) is 0.639. The molecule has 0 saturated carbocycles. The first-order chi connectivity index (χ1) is 9.17. The third-order valence-corrected chi connectivity index (χ3v) is 3.33. The highest BCUT2D eigenvalue weighted by molar-refractivity contribution is 7.98. The summed E-state index contributed by atoms with van der Waals surface area (Å²) in [5, 5.41) is 5.20. The molecule has 0 fully saturated rings. The van der Waals surface area contributed by atoms with Gasteiger partial charge in [0.2, 0.25) is 0 Å². The minimum absolute atomic E-state index is 0.547. The summed E-state index contributed by atoms with van der Waals surface area (Å²) in [6.45, 7) is 2.64. The minimum Gasteiger partial charge on any atom is -0.348 e. The van der Waals surface area contributed by atoms with Crippen molar-refractivity contribution in [1.29, 1.82) is 0 Å². The normalized spacial score (nSPS) is 10.0. The van der Waals surface area contributed by atoms with Gasteiger partial charge in [-0.15, -0.1) is 11.8 Å². The van der Waals surface area contributed by atoms with Gasteiger partial charge >= 0.3 is 11.8 Å². The summed E-state index contributed by atoms with van der Waals surface area (Å²) in [5.74, 6) is -1.19. The van der Waals surface area contributed by atoms with Crippen molar-refractivity contribution in [2.45, 2.75) is 31.1 Å². The molecule has 0 aliphatic rings. The Balaban J connectivity index is 2.42. The molecule has 1 aromatic rings. The maximum absolute atomic E-state index is 11.6. The summed E-state index contributed by atoms with van der Waals surface area (Å²) in [4.78, 5) is 24.2. The monoisotopic (exact) mass is 280 g/mol. The van der Waals surface area contributed by atoms with E-state index in [9.17, 15) is 9.59 Å². The maximum atomic E-state index is 11.6. The minimum atomic E-state index is -0.616. The number of rotatable bonds is 6. The largest absolute Gasteiger partial charge is 0.348 e. The molecular weight excluding hydrogens is 260 g/mol. The molecule has 0 heterocycles. The molecule has 0 aromatic heterocycles. The van der Waals surface area contributed by atoms with Gasteiger partial charge < -0.3 is 10.6 Å². The van der Waals surface area contributed by atoms with Crippen molar-refractivity contribution in [1.82, 2.24) is 5.32 Å². The molecule has 1 rings (SSSR count). The molecule has 4 nitrogen and oxygen atoms in total. The lowest BCUT2D eigenvalue weighted by molar-refractivity contribution is -0.136. The van der Waals surface area contributed by atoms with Crippen LogP contribution in [0.15, 0.2) is 29.2 Å². The van der Waals surface area contributed by atoms with Gasteiger partial charge in [0.15, 0.2) is 0 Å². The number of amides is 2. The second-order valence-electron chi connectivity index (χ2n) is 4.15. The molecule has 5 heteroatoms. The average molecular weight is 280 g/mol. The highest BCUT2D eigenvalue weighted by Gasteiger charge is 2.12.